The minimum atomic E-state index is -0.335. The molecule has 1 amide bonds. The summed E-state index contributed by atoms with van der Waals surface area (Å²) in [6.07, 6.45) is 0. The van der Waals surface area contributed by atoms with Gasteiger partial charge in [0, 0.05) is 5.92 Å². The van der Waals surface area contributed by atoms with Gasteiger partial charge in [0.05, 0.1) is 11.4 Å². The summed E-state index contributed by atoms with van der Waals surface area (Å²) in [4.78, 5) is 12.4. The van der Waals surface area contributed by atoms with Crippen LogP contribution in [0, 0.1) is 13.8 Å². The summed E-state index contributed by atoms with van der Waals surface area (Å²) in [7, 11) is 0. The molecular weight excluding hydrogens is 324 g/mol. The van der Waals surface area contributed by atoms with E-state index in [-0.39, 0.29) is 17.5 Å². The Bertz CT molecular complexity index is 882. The molecule has 24 heavy (non-hydrogen) atoms. The van der Waals surface area contributed by atoms with Gasteiger partial charge < -0.3 is 0 Å². The van der Waals surface area contributed by atoms with E-state index in [1.807, 2.05) is 52.0 Å². The number of benzene rings is 1. The van der Waals surface area contributed by atoms with Gasteiger partial charge in [0.1, 0.15) is 5.01 Å². The van der Waals surface area contributed by atoms with Crippen LogP contribution in [0.25, 0.3) is 5.69 Å². The average molecular weight is 342 g/mol. The summed E-state index contributed by atoms with van der Waals surface area (Å²) in [5, 5.41) is 20.3. The molecule has 2 aromatic heterocycles. The maximum absolute atomic E-state index is 12.4. The molecule has 7 nitrogen and oxygen atoms in total. The van der Waals surface area contributed by atoms with E-state index in [1.54, 1.807) is 4.68 Å². The first-order chi connectivity index (χ1) is 11.5. The lowest BCUT2D eigenvalue weighted by molar-refractivity contribution is 0.102. The molecular formula is C16H18N6OS. The van der Waals surface area contributed by atoms with Crippen LogP contribution in [0.15, 0.2) is 24.3 Å². The van der Waals surface area contributed by atoms with E-state index >= 15 is 0 Å². The maximum Gasteiger partial charge on any atom is 0.279 e. The average Bonchev–Trinajstić information content (AvgIpc) is 3.14. The molecule has 3 aromatic rings. The second kappa shape index (κ2) is 6.48. The molecule has 1 N–H and O–H groups in total. The van der Waals surface area contributed by atoms with Crippen LogP contribution >= 0.6 is 11.3 Å². The van der Waals surface area contributed by atoms with Crippen LogP contribution < -0.4 is 5.32 Å². The van der Waals surface area contributed by atoms with Crippen molar-refractivity contribution >= 4 is 22.4 Å². The third-order valence-corrected chi connectivity index (χ3v) is 4.65. The van der Waals surface area contributed by atoms with Crippen molar-refractivity contribution < 1.29 is 4.79 Å². The first-order valence-corrected chi connectivity index (χ1v) is 8.41. The van der Waals surface area contributed by atoms with Crippen molar-refractivity contribution in [1.82, 2.24) is 25.2 Å². The van der Waals surface area contributed by atoms with E-state index in [1.165, 1.54) is 11.3 Å². The molecule has 3 rings (SSSR count). The summed E-state index contributed by atoms with van der Waals surface area (Å²) in [5.74, 6) is -0.0602. The fourth-order valence-corrected chi connectivity index (χ4v) is 2.96. The minimum Gasteiger partial charge on any atom is -0.295 e. The summed E-state index contributed by atoms with van der Waals surface area (Å²) in [6.45, 7) is 7.88. The molecule has 1 aromatic carbocycles. The topological polar surface area (TPSA) is 85.6 Å². The first-order valence-electron chi connectivity index (χ1n) is 7.60. The number of aryl methyl sites for hydroxylation is 1. The number of nitrogens with zero attached hydrogens (tertiary/aromatic N) is 5. The van der Waals surface area contributed by atoms with Gasteiger partial charge in [-0.1, -0.05) is 42.5 Å². The van der Waals surface area contributed by atoms with Crippen LogP contribution in [0.3, 0.4) is 0 Å². The van der Waals surface area contributed by atoms with Crippen molar-refractivity contribution in [2.45, 2.75) is 33.6 Å². The number of carbonyl (C=O) groups is 1. The lowest BCUT2D eigenvalue weighted by Gasteiger charge is -2.04. The van der Waals surface area contributed by atoms with Gasteiger partial charge >= 0.3 is 0 Å². The van der Waals surface area contributed by atoms with Crippen molar-refractivity contribution in [3.8, 4) is 5.69 Å². The minimum absolute atomic E-state index is 0.275. The number of hydrogen-bond donors (Lipinski definition) is 1. The number of amides is 1. The Kier molecular flexibility index (Phi) is 4.39. The molecule has 0 aliphatic rings. The predicted octanol–water partition coefficient (Wildman–Crippen LogP) is 3.11. The monoisotopic (exact) mass is 342 g/mol. The number of rotatable bonds is 4. The molecule has 0 aliphatic heterocycles. The quantitative estimate of drug-likeness (QED) is 0.787. The lowest BCUT2D eigenvalue weighted by atomic mass is 10.2. The number of anilines is 1. The molecule has 0 saturated heterocycles. The highest BCUT2D eigenvalue weighted by atomic mass is 32.1. The molecule has 0 spiro atoms. The van der Waals surface area contributed by atoms with Gasteiger partial charge in [-0.15, -0.1) is 15.3 Å². The Morgan fingerprint density at radius 2 is 2.00 bits per heavy atom. The molecule has 2 heterocycles. The van der Waals surface area contributed by atoms with Gasteiger partial charge in [-0.25, -0.2) is 4.68 Å². The number of aromatic nitrogens is 5. The van der Waals surface area contributed by atoms with Crippen LogP contribution in [0.1, 0.15) is 46.5 Å². The largest absolute Gasteiger partial charge is 0.295 e. The SMILES string of the molecule is Cc1cccc(-n2nnc(C(=O)Nc3nnc(C(C)C)s3)c2C)c1. The standard InChI is InChI=1S/C16H18N6OS/c1-9(2)15-19-20-16(24-15)17-14(23)13-11(4)22(21-18-13)12-7-5-6-10(3)8-12/h5-9H,1-4H3,(H,17,20,23). The van der Waals surface area contributed by atoms with Crippen molar-refractivity contribution in [3.63, 3.8) is 0 Å². The number of carbonyl (C=O) groups excluding carboxylic acids is 1. The smallest absolute Gasteiger partial charge is 0.279 e. The third kappa shape index (κ3) is 3.18. The highest BCUT2D eigenvalue weighted by Gasteiger charge is 2.19. The maximum atomic E-state index is 12.4. The summed E-state index contributed by atoms with van der Waals surface area (Å²) < 4.78 is 1.65. The predicted molar refractivity (Wildman–Crippen MR) is 92.8 cm³/mol. The second-order valence-corrected chi connectivity index (χ2v) is 6.84. The normalized spacial score (nSPS) is 11.0. The molecule has 0 aliphatic carbocycles. The van der Waals surface area contributed by atoms with Crippen molar-refractivity contribution in [2.75, 3.05) is 5.32 Å². The number of hydrogen-bond acceptors (Lipinski definition) is 6. The molecule has 0 fully saturated rings. The Morgan fingerprint density at radius 3 is 2.67 bits per heavy atom. The Balaban J connectivity index is 1.83. The van der Waals surface area contributed by atoms with Crippen LogP contribution in [0.2, 0.25) is 0 Å². The Hall–Kier alpha value is -2.61. The molecule has 0 saturated carbocycles. The van der Waals surface area contributed by atoms with Crippen LogP contribution in [0.5, 0.6) is 0 Å². The zero-order valence-electron chi connectivity index (χ0n) is 13.9. The third-order valence-electron chi connectivity index (χ3n) is 3.51. The van der Waals surface area contributed by atoms with Gasteiger partial charge in [-0.3, -0.25) is 10.1 Å². The second-order valence-electron chi connectivity index (χ2n) is 5.83. The molecule has 0 unspecified atom stereocenters. The van der Waals surface area contributed by atoms with Gasteiger partial charge in [-0.05, 0) is 31.5 Å². The molecule has 8 heteroatoms. The van der Waals surface area contributed by atoms with Gasteiger partial charge in [0.2, 0.25) is 5.13 Å². The zero-order chi connectivity index (χ0) is 17.3. The summed E-state index contributed by atoms with van der Waals surface area (Å²) in [5.41, 5.74) is 2.94. The Labute approximate surface area is 143 Å². The van der Waals surface area contributed by atoms with E-state index in [9.17, 15) is 4.79 Å². The van der Waals surface area contributed by atoms with Crippen LogP contribution in [-0.2, 0) is 0 Å². The van der Waals surface area contributed by atoms with Crippen molar-refractivity contribution in [3.05, 3.63) is 46.2 Å². The van der Waals surface area contributed by atoms with Crippen molar-refractivity contribution in [2.24, 2.45) is 0 Å². The van der Waals surface area contributed by atoms with Crippen LogP contribution in [0.4, 0.5) is 5.13 Å². The van der Waals surface area contributed by atoms with Crippen molar-refractivity contribution in [1.29, 1.82) is 0 Å². The zero-order valence-corrected chi connectivity index (χ0v) is 14.8. The van der Waals surface area contributed by atoms with Gasteiger partial charge in [0.15, 0.2) is 5.69 Å². The molecule has 0 radical (unpaired) electrons. The van der Waals surface area contributed by atoms with Gasteiger partial charge in [-0.2, -0.15) is 0 Å². The highest BCUT2D eigenvalue weighted by molar-refractivity contribution is 7.15. The van der Waals surface area contributed by atoms with Gasteiger partial charge in [0.25, 0.3) is 5.91 Å². The van der Waals surface area contributed by atoms with E-state index in [0.717, 1.165) is 16.3 Å². The van der Waals surface area contributed by atoms with E-state index in [0.29, 0.717) is 10.8 Å². The first kappa shape index (κ1) is 16.3. The molecule has 0 bridgehead atoms. The van der Waals surface area contributed by atoms with Crippen LogP contribution in [-0.4, -0.2) is 31.1 Å². The van der Waals surface area contributed by atoms with E-state index in [2.05, 4.69) is 25.8 Å². The number of nitrogens with one attached hydrogen (secondary N) is 1. The molecule has 0 atom stereocenters. The molecule has 124 valence electrons. The fourth-order valence-electron chi connectivity index (χ4n) is 2.22. The van der Waals surface area contributed by atoms with E-state index in [4.69, 9.17) is 0 Å². The lowest BCUT2D eigenvalue weighted by Crippen LogP contribution is -2.14. The summed E-state index contributed by atoms with van der Waals surface area (Å²) >= 11 is 1.37. The highest BCUT2D eigenvalue weighted by Crippen LogP contribution is 2.23. The Morgan fingerprint density at radius 1 is 1.21 bits per heavy atom. The van der Waals surface area contributed by atoms with E-state index < -0.39 is 0 Å². The summed E-state index contributed by atoms with van der Waals surface area (Å²) in [6, 6.07) is 7.87. The fraction of sp³-hybridized carbons (Fsp3) is 0.312.